The fraction of sp³-hybridized carbons (Fsp3) is 0.333. The molecule has 22 heavy (non-hydrogen) atoms. The largest absolute Gasteiger partial charge is 0.497 e. The summed E-state index contributed by atoms with van der Waals surface area (Å²) in [5.41, 5.74) is 2.46. The van der Waals surface area contributed by atoms with Crippen LogP contribution in [0.2, 0.25) is 0 Å². The van der Waals surface area contributed by atoms with E-state index in [1.165, 1.54) is 11.1 Å². The third-order valence-electron chi connectivity index (χ3n) is 3.59. The number of ether oxygens (including phenoxy) is 1. The first kappa shape index (κ1) is 16.7. The second kappa shape index (κ2) is 8.11. The van der Waals surface area contributed by atoms with E-state index in [9.17, 15) is 4.21 Å². The summed E-state index contributed by atoms with van der Waals surface area (Å²) in [4.78, 5) is 0.869. The number of methoxy groups -OCH3 is 1. The molecule has 118 valence electrons. The minimum Gasteiger partial charge on any atom is -0.497 e. The van der Waals surface area contributed by atoms with Gasteiger partial charge in [-0.3, -0.25) is 4.21 Å². The van der Waals surface area contributed by atoms with Crippen molar-refractivity contribution in [3.8, 4) is 5.75 Å². The van der Waals surface area contributed by atoms with Crippen LogP contribution in [0.5, 0.6) is 5.75 Å². The van der Waals surface area contributed by atoms with E-state index in [1.807, 2.05) is 36.4 Å². The molecule has 0 aliphatic rings. The number of hydrogen-bond donors (Lipinski definition) is 1. The van der Waals surface area contributed by atoms with Gasteiger partial charge in [0, 0.05) is 34.5 Å². The van der Waals surface area contributed by atoms with Gasteiger partial charge in [0.05, 0.1) is 7.11 Å². The van der Waals surface area contributed by atoms with Gasteiger partial charge in [0.1, 0.15) is 5.75 Å². The summed E-state index contributed by atoms with van der Waals surface area (Å²) in [5.74, 6) is 0.896. The first-order chi connectivity index (χ1) is 10.6. The van der Waals surface area contributed by atoms with Crippen LogP contribution in [0.4, 0.5) is 0 Å². The molecule has 4 heteroatoms. The van der Waals surface area contributed by atoms with Crippen molar-refractivity contribution in [3.63, 3.8) is 0 Å². The van der Waals surface area contributed by atoms with Crippen LogP contribution < -0.4 is 10.1 Å². The maximum Gasteiger partial charge on any atom is 0.119 e. The zero-order chi connectivity index (χ0) is 15.9. The monoisotopic (exact) mass is 317 g/mol. The van der Waals surface area contributed by atoms with E-state index in [0.717, 1.165) is 23.6 Å². The van der Waals surface area contributed by atoms with Gasteiger partial charge in [-0.1, -0.05) is 24.3 Å². The highest BCUT2D eigenvalue weighted by Crippen LogP contribution is 2.14. The summed E-state index contributed by atoms with van der Waals surface area (Å²) in [7, 11) is 0.776. The van der Waals surface area contributed by atoms with Crippen molar-refractivity contribution in [2.45, 2.75) is 30.8 Å². The van der Waals surface area contributed by atoms with Gasteiger partial charge in [-0.25, -0.2) is 0 Å². The van der Waals surface area contributed by atoms with Crippen molar-refractivity contribution in [2.24, 2.45) is 0 Å². The second-order valence-corrected chi connectivity index (χ2v) is 6.82. The summed E-state index contributed by atoms with van der Waals surface area (Å²) in [6, 6.07) is 16.5. The second-order valence-electron chi connectivity index (χ2n) is 5.44. The van der Waals surface area contributed by atoms with E-state index >= 15 is 0 Å². The molecule has 0 unspecified atom stereocenters. The fourth-order valence-electron chi connectivity index (χ4n) is 2.32. The van der Waals surface area contributed by atoms with Crippen LogP contribution in [0.15, 0.2) is 53.4 Å². The molecule has 2 aromatic rings. The molecule has 0 saturated heterocycles. The molecule has 0 bridgehead atoms. The Hall–Kier alpha value is -1.65. The molecule has 0 spiro atoms. The maximum absolute atomic E-state index is 11.4. The average Bonchev–Trinajstić information content (AvgIpc) is 2.53. The normalized spacial score (nSPS) is 13.6. The average molecular weight is 317 g/mol. The molecule has 2 aromatic carbocycles. The highest BCUT2D eigenvalue weighted by Gasteiger charge is 2.05. The van der Waals surface area contributed by atoms with Crippen LogP contribution in [0.3, 0.4) is 0 Å². The number of rotatable bonds is 7. The Morgan fingerprint density at radius 2 is 1.86 bits per heavy atom. The predicted molar refractivity (Wildman–Crippen MR) is 91.8 cm³/mol. The van der Waals surface area contributed by atoms with Gasteiger partial charge in [-0.15, -0.1) is 0 Å². The van der Waals surface area contributed by atoms with Crippen molar-refractivity contribution in [2.75, 3.05) is 13.4 Å². The van der Waals surface area contributed by atoms with Crippen molar-refractivity contribution >= 4 is 10.8 Å². The Morgan fingerprint density at radius 3 is 2.50 bits per heavy atom. The maximum atomic E-state index is 11.4. The lowest BCUT2D eigenvalue weighted by atomic mass is 10.1. The summed E-state index contributed by atoms with van der Waals surface area (Å²) in [6.07, 6.45) is 2.65. The Labute approximate surface area is 135 Å². The summed E-state index contributed by atoms with van der Waals surface area (Å²) < 4.78 is 16.6. The third kappa shape index (κ3) is 4.97. The van der Waals surface area contributed by atoms with Crippen molar-refractivity contribution in [1.82, 2.24) is 5.32 Å². The van der Waals surface area contributed by atoms with E-state index < -0.39 is 10.8 Å². The summed E-state index contributed by atoms with van der Waals surface area (Å²) in [5, 5.41) is 3.52. The molecule has 0 amide bonds. The zero-order valence-corrected chi connectivity index (χ0v) is 14.2. The molecular formula is C18H23NO2S. The molecule has 2 rings (SSSR count). The number of benzene rings is 2. The van der Waals surface area contributed by atoms with Crippen LogP contribution in [0.1, 0.15) is 18.1 Å². The molecule has 0 fully saturated rings. The van der Waals surface area contributed by atoms with Crippen molar-refractivity contribution in [1.29, 1.82) is 0 Å². The lowest BCUT2D eigenvalue weighted by Crippen LogP contribution is -2.27. The topological polar surface area (TPSA) is 38.3 Å². The minimum atomic E-state index is -0.912. The highest BCUT2D eigenvalue weighted by molar-refractivity contribution is 7.84. The van der Waals surface area contributed by atoms with Gasteiger partial charge < -0.3 is 10.1 Å². The summed E-state index contributed by atoms with van der Waals surface area (Å²) >= 11 is 0. The lowest BCUT2D eigenvalue weighted by Gasteiger charge is -2.14. The van der Waals surface area contributed by atoms with Gasteiger partial charge in [-0.2, -0.15) is 0 Å². The Morgan fingerprint density at radius 1 is 1.14 bits per heavy atom. The summed E-state index contributed by atoms with van der Waals surface area (Å²) in [6.45, 7) is 2.98. The van der Waals surface area contributed by atoms with E-state index in [2.05, 4.69) is 24.4 Å². The molecule has 2 atom stereocenters. The Kier molecular flexibility index (Phi) is 6.16. The van der Waals surface area contributed by atoms with Crippen LogP contribution in [0.25, 0.3) is 0 Å². The van der Waals surface area contributed by atoms with Crippen LogP contribution in [-0.4, -0.2) is 23.6 Å². The number of hydrogen-bond acceptors (Lipinski definition) is 3. The third-order valence-corrected chi connectivity index (χ3v) is 4.52. The first-order valence-corrected chi connectivity index (χ1v) is 8.93. The van der Waals surface area contributed by atoms with Gasteiger partial charge >= 0.3 is 0 Å². The van der Waals surface area contributed by atoms with Gasteiger partial charge in [0.15, 0.2) is 0 Å². The van der Waals surface area contributed by atoms with Crippen LogP contribution in [0, 0.1) is 0 Å². The van der Waals surface area contributed by atoms with E-state index in [1.54, 1.807) is 13.4 Å². The molecule has 3 nitrogen and oxygen atoms in total. The molecule has 1 N–H and O–H groups in total. The number of nitrogens with one attached hydrogen (secondary N) is 1. The first-order valence-electron chi connectivity index (χ1n) is 7.37. The molecule has 0 aliphatic carbocycles. The van der Waals surface area contributed by atoms with Gasteiger partial charge in [-0.05, 0) is 48.7 Å². The van der Waals surface area contributed by atoms with E-state index in [4.69, 9.17) is 4.74 Å². The molecule has 0 saturated carbocycles. The molecule has 0 heterocycles. The van der Waals surface area contributed by atoms with Crippen molar-refractivity contribution in [3.05, 3.63) is 59.7 Å². The predicted octanol–water partition coefficient (Wildman–Crippen LogP) is 3.15. The van der Waals surface area contributed by atoms with Gasteiger partial charge in [0.2, 0.25) is 0 Å². The van der Waals surface area contributed by atoms with Crippen molar-refractivity contribution < 1.29 is 8.95 Å². The smallest absolute Gasteiger partial charge is 0.119 e. The van der Waals surface area contributed by atoms with E-state index in [-0.39, 0.29) is 0 Å². The lowest BCUT2D eigenvalue weighted by molar-refractivity contribution is 0.414. The molecule has 0 aromatic heterocycles. The zero-order valence-electron chi connectivity index (χ0n) is 13.3. The quantitative estimate of drug-likeness (QED) is 0.852. The minimum absolute atomic E-state index is 0.368. The highest BCUT2D eigenvalue weighted by atomic mass is 32.2. The van der Waals surface area contributed by atoms with E-state index in [0.29, 0.717) is 6.04 Å². The van der Waals surface area contributed by atoms with Crippen LogP contribution >= 0.6 is 0 Å². The van der Waals surface area contributed by atoms with Gasteiger partial charge in [0.25, 0.3) is 0 Å². The Balaban J connectivity index is 1.86. The Bertz CT molecular complexity index is 625. The molecule has 0 radical (unpaired) electrons. The standard InChI is InChI=1S/C18H23NO2S/c1-14(11-16-5-4-6-17(12-16)21-2)19-13-15-7-9-18(10-8-15)22(3)20/h4-10,12,14,19H,11,13H2,1-3H3/t14-,22-/m0/s1. The molecular weight excluding hydrogens is 294 g/mol. The van der Waals surface area contributed by atoms with Crippen LogP contribution in [-0.2, 0) is 23.8 Å². The molecule has 0 aliphatic heterocycles. The fourth-order valence-corrected chi connectivity index (χ4v) is 2.84. The SMILES string of the molecule is COc1cccc(C[C@H](C)NCc2ccc([S@](C)=O)cc2)c1.